The average Bonchev–Trinajstić information content (AvgIpc) is 3.15. The fraction of sp³-hybridized carbons (Fsp3) is 0.208. The van der Waals surface area contributed by atoms with E-state index in [1.807, 2.05) is 31.2 Å². The molecule has 0 unspecified atom stereocenters. The highest BCUT2D eigenvalue weighted by molar-refractivity contribution is 7.18. The number of benzene rings is 2. The van der Waals surface area contributed by atoms with Gasteiger partial charge in [-0.05, 0) is 68.0 Å². The summed E-state index contributed by atoms with van der Waals surface area (Å²) in [5.41, 5.74) is 6.61. The van der Waals surface area contributed by atoms with E-state index in [0.29, 0.717) is 5.95 Å². The smallest absolute Gasteiger partial charge is 0.268 e. The molecule has 1 aliphatic rings. The van der Waals surface area contributed by atoms with Gasteiger partial charge < -0.3 is 0 Å². The molecule has 0 radical (unpaired) electrons. The number of thiophene rings is 1. The first kappa shape index (κ1) is 19.6. The lowest BCUT2D eigenvalue weighted by molar-refractivity contribution is 0.628. The van der Waals surface area contributed by atoms with Crippen molar-refractivity contribution in [2.45, 2.75) is 32.6 Å². The monoisotopic (exact) mass is 432 g/mol. The van der Waals surface area contributed by atoms with Crippen LogP contribution in [0.25, 0.3) is 15.9 Å². The second-order valence-electron chi connectivity index (χ2n) is 7.72. The number of hydrogen-bond acceptors (Lipinski definition) is 5. The maximum Gasteiger partial charge on any atom is 0.268 e. The first-order chi connectivity index (χ1) is 15.1. The fourth-order valence-corrected chi connectivity index (χ4v) is 5.18. The number of rotatable bonds is 4. The van der Waals surface area contributed by atoms with Gasteiger partial charge in [-0.25, -0.2) is 19.4 Å². The summed E-state index contributed by atoms with van der Waals surface area (Å²) in [4.78, 5) is 20.4. The van der Waals surface area contributed by atoms with Gasteiger partial charge in [0, 0.05) is 4.88 Å². The van der Waals surface area contributed by atoms with E-state index in [1.165, 1.54) is 17.0 Å². The number of nitrogens with one attached hydrogen (secondary N) is 1. The Kier molecular flexibility index (Phi) is 5.11. The molecule has 0 fully saturated rings. The lowest BCUT2D eigenvalue weighted by Gasteiger charge is -2.13. The van der Waals surface area contributed by atoms with Gasteiger partial charge in [-0.15, -0.1) is 11.3 Å². The van der Waals surface area contributed by atoms with Crippen molar-refractivity contribution in [2.24, 2.45) is 5.10 Å². The zero-order valence-corrected chi connectivity index (χ0v) is 17.9. The van der Waals surface area contributed by atoms with Crippen LogP contribution in [0.2, 0.25) is 0 Å². The van der Waals surface area contributed by atoms with Crippen LogP contribution in [0.4, 0.5) is 10.3 Å². The van der Waals surface area contributed by atoms with E-state index in [4.69, 9.17) is 4.98 Å². The lowest BCUT2D eigenvalue weighted by Crippen LogP contribution is -2.23. The molecule has 2 aromatic heterocycles. The summed E-state index contributed by atoms with van der Waals surface area (Å²) in [6.07, 6.45) is 5.76. The van der Waals surface area contributed by atoms with Gasteiger partial charge in [-0.2, -0.15) is 5.10 Å². The van der Waals surface area contributed by atoms with Gasteiger partial charge >= 0.3 is 0 Å². The van der Waals surface area contributed by atoms with E-state index in [-0.39, 0.29) is 11.4 Å². The number of aryl methyl sites for hydroxylation is 3. The molecule has 0 atom stereocenters. The highest BCUT2D eigenvalue weighted by Crippen LogP contribution is 2.34. The highest BCUT2D eigenvalue weighted by Gasteiger charge is 2.22. The largest absolute Gasteiger partial charge is 0.268 e. The van der Waals surface area contributed by atoms with Crippen LogP contribution in [0.3, 0.4) is 0 Å². The maximum absolute atomic E-state index is 13.6. The molecule has 5 rings (SSSR count). The van der Waals surface area contributed by atoms with Gasteiger partial charge in [0.05, 0.1) is 17.3 Å². The Hall–Kier alpha value is -3.32. The minimum atomic E-state index is -0.299. The molecule has 0 saturated carbocycles. The summed E-state index contributed by atoms with van der Waals surface area (Å²) in [5.74, 6) is 0.0606. The van der Waals surface area contributed by atoms with Gasteiger partial charge in [0.1, 0.15) is 10.6 Å². The van der Waals surface area contributed by atoms with Crippen LogP contribution in [0, 0.1) is 12.7 Å². The van der Waals surface area contributed by atoms with Crippen molar-refractivity contribution in [2.75, 3.05) is 5.43 Å². The highest BCUT2D eigenvalue weighted by atomic mass is 32.1. The molecule has 1 aliphatic carbocycles. The Morgan fingerprint density at radius 1 is 1.10 bits per heavy atom. The van der Waals surface area contributed by atoms with Gasteiger partial charge in [0.2, 0.25) is 5.95 Å². The zero-order valence-electron chi connectivity index (χ0n) is 17.1. The van der Waals surface area contributed by atoms with Crippen molar-refractivity contribution in [3.8, 4) is 5.69 Å². The van der Waals surface area contributed by atoms with E-state index in [1.54, 1.807) is 34.3 Å². The van der Waals surface area contributed by atoms with Crippen LogP contribution in [0.1, 0.15) is 34.4 Å². The summed E-state index contributed by atoms with van der Waals surface area (Å²) in [7, 11) is 0. The molecule has 0 bridgehead atoms. The third-order valence-corrected chi connectivity index (χ3v) is 6.71. The average molecular weight is 433 g/mol. The summed E-state index contributed by atoms with van der Waals surface area (Å²) < 4.78 is 14.7. The summed E-state index contributed by atoms with van der Waals surface area (Å²) in [6, 6.07) is 13.8. The summed E-state index contributed by atoms with van der Waals surface area (Å²) >= 11 is 1.61. The predicted molar refractivity (Wildman–Crippen MR) is 124 cm³/mol. The normalized spacial score (nSPS) is 13.6. The van der Waals surface area contributed by atoms with Crippen LogP contribution in [0.5, 0.6) is 0 Å². The Morgan fingerprint density at radius 3 is 2.61 bits per heavy atom. The van der Waals surface area contributed by atoms with E-state index in [2.05, 4.69) is 10.5 Å². The molecule has 31 heavy (non-hydrogen) atoms. The number of anilines is 1. The number of hydrazone groups is 1. The van der Waals surface area contributed by atoms with Crippen molar-refractivity contribution in [3.05, 3.63) is 86.3 Å². The molecular weight excluding hydrogens is 411 g/mol. The topological polar surface area (TPSA) is 59.3 Å². The van der Waals surface area contributed by atoms with E-state index in [0.717, 1.165) is 58.3 Å². The number of nitrogens with zero attached hydrogens (tertiary/aromatic N) is 3. The van der Waals surface area contributed by atoms with Crippen LogP contribution < -0.4 is 11.0 Å². The molecular formula is C24H21FN4OS. The Balaban J connectivity index is 1.63. The molecule has 4 aromatic rings. The van der Waals surface area contributed by atoms with Crippen molar-refractivity contribution in [1.82, 2.24) is 9.55 Å². The predicted octanol–water partition coefficient (Wildman–Crippen LogP) is 5.22. The third-order valence-electron chi connectivity index (χ3n) is 5.53. The first-order valence-corrected chi connectivity index (χ1v) is 11.1. The van der Waals surface area contributed by atoms with Crippen LogP contribution in [-0.2, 0) is 12.8 Å². The number of aromatic nitrogens is 2. The second-order valence-corrected chi connectivity index (χ2v) is 8.81. The first-order valence-electron chi connectivity index (χ1n) is 10.3. The van der Waals surface area contributed by atoms with Crippen LogP contribution in [0.15, 0.2) is 58.4 Å². The lowest BCUT2D eigenvalue weighted by atomic mass is 9.97. The third kappa shape index (κ3) is 3.77. The van der Waals surface area contributed by atoms with Crippen molar-refractivity contribution < 1.29 is 4.39 Å². The fourth-order valence-electron chi connectivity index (χ4n) is 3.93. The Labute approximate surface area is 182 Å². The Bertz CT molecular complexity index is 1340. The zero-order chi connectivity index (χ0) is 21.4. The molecule has 0 amide bonds. The number of fused-ring (bicyclic) bond motifs is 3. The minimum absolute atomic E-state index is 0.0762. The van der Waals surface area contributed by atoms with Gasteiger partial charge in [0.25, 0.3) is 5.56 Å². The quantitative estimate of drug-likeness (QED) is 0.355. The van der Waals surface area contributed by atoms with Crippen molar-refractivity contribution in [1.29, 1.82) is 0 Å². The molecule has 0 saturated heterocycles. The van der Waals surface area contributed by atoms with E-state index in [9.17, 15) is 9.18 Å². The van der Waals surface area contributed by atoms with Gasteiger partial charge in [-0.3, -0.25) is 4.79 Å². The number of halogens is 1. The molecule has 156 valence electrons. The SMILES string of the molecule is Cc1ccc(-n2c(NN=Cc3ccc(F)cc3)nc3sc4c(c3c2=O)CCCC4)cc1. The molecule has 5 nitrogen and oxygen atoms in total. The molecule has 2 heterocycles. The van der Waals surface area contributed by atoms with Gasteiger partial charge in [-0.1, -0.05) is 29.8 Å². The van der Waals surface area contributed by atoms with Crippen LogP contribution in [-0.4, -0.2) is 15.8 Å². The van der Waals surface area contributed by atoms with E-state index < -0.39 is 0 Å². The second kappa shape index (κ2) is 8.07. The Morgan fingerprint density at radius 2 is 1.84 bits per heavy atom. The maximum atomic E-state index is 13.6. The molecule has 7 heteroatoms. The van der Waals surface area contributed by atoms with Gasteiger partial charge in [0.15, 0.2) is 0 Å². The molecule has 0 aliphatic heterocycles. The molecule has 1 N–H and O–H groups in total. The summed E-state index contributed by atoms with van der Waals surface area (Å²) in [6.45, 7) is 2.01. The van der Waals surface area contributed by atoms with Crippen molar-refractivity contribution in [3.63, 3.8) is 0 Å². The van der Waals surface area contributed by atoms with Crippen LogP contribution >= 0.6 is 11.3 Å². The number of hydrogen-bond donors (Lipinski definition) is 1. The summed E-state index contributed by atoms with van der Waals surface area (Å²) in [5, 5.41) is 4.99. The minimum Gasteiger partial charge on any atom is -0.268 e. The molecule has 2 aromatic carbocycles. The van der Waals surface area contributed by atoms with Crippen molar-refractivity contribution >= 4 is 33.7 Å². The molecule has 0 spiro atoms. The van der Waals surface area contributed by atoms with E-state index >= 15 is 0 Å². The standard InChI is InChI=1S/C24H21FN4OS/c1-15-6-12-18(13-7-15)29-23(30)21-19-4-2-3-5-20(19)31-22(21)27-24(29)28-26-14-16-8-10-17(25)11-9-16/h6-14H,2-5H2,1H3,(H,27,28).